The SMILES string of the molecule is CCC(C(N)=NO)N1CCN(C(=O)c2sccc2C)CC1. The molecule has 1 unspecified atom stereocenters. The van der Waals surface area contributed by atoms with E-state index in [0.29, 0.717) is 13.1 Å². The molecule has 1 aromatic heterocycles. The monoisotopic (exact) mass is 310 g/mol. The lowest BCUT2D eigenvalue weighted by Gasteiger charge is -2.38. The van der Waals surface area contributed by atoms with Crippen LogP contribution in [0.2, 0.25) is 0 Å². The number of amides is 1. The molecule has 0 saturated carbocycles. The Balaban J connectivity index is 1.97. The summed E-state index contributed by atoms with van der Waals surface area (Å²) >= 11 is 1.49. The Morgan fingerprint density at radius 2 is 2.14 bits per heavy atom. The summed E-state index contributed by atoms with van der Waals surface area (Å²) < 4.78 is 0. The fourth-order valence-corrected chi connectivity index (χ4v) is 3.59. The number of aryl methyl sites for hydroxylation is 1. The number of carbonyl (C=O) groups is 1. The Labute approximate surface area is 128 Å². The zero-order valence-electron chi connectivity index (χ0n) is 12.5. The molecule has 2 heterocycles. The molecule has 1 aromatic rings. The molecule has 1 atom stereocenters. The van der Waals surface area contributed by atoms with Crippen LogP contribution in [0.15, 0.2) is 16.6 Å². The molecule has 116 valence electrons. The third-order valence-corrected chi connectivity index (χ3v) is 4.95. The highest BCUT2D eigenvalue weighted by atomic mass is 32.1. The summed E-state index contributed by atoms with van der Waals surface area (Å²) in [5, 5.41) is 13.9. The number of carbonyl (C=O) groups excluding carboxylic acids is 1. The van der Waals surface area contributed by atoms with Gasteiger partial charge in [0.1, 0.15) is 0 Å². The van der Waals surface area contributed by atoms with Crippen LogP contribution in [0.25, 0.3) is 0 Å². The van der Waals surface area contributed by atoms with E-state index in [2.05, 4.69) is 10.1 Å². The zero-order valence-corrected chi connectivity index (χ0v) is 13.3. The summed E-state index contributed by atoms with van der Waals surface area (Å²) in [6, 6.07) is 1.91. The first-order chi connectivity index (χ1) is 10.1. The average molecular weight is 310 g/mol. The fraction of sp³-hybridized carbons (Fsp3) is 0.571. The van der Waals surface area contributed by atoms with Gasteiger partial charge in [0.15, 0.2) is 5.84 Å². The predicted octanol–water partition coefficient (Wildman–Crippen LogP) is 1.34. The lowest BCUT2D eigenvalue weighted by atomic mass is 10.1. The van der Waals surface area contributed by atoms with Crippen molar-refractivity contribution in [2.24, 2.45) is 10.9 Å². The number of hydrogen-bond donors (Lipinski definition) is 2. The first-order valence-corrected chi connectivity index (χ1v) is 8.01. The van der Waals surface area contributed by atoms with Crippen molar-refractivity contribution < 1.29 is 10.0 Å². The largest absolute Gasteiger partial charge is 0.409 e. The molecule has 0 aromatic carbocycles. The molecule has 1 saturated heterocycles. The van der Waals surface area contributed by atoms with Crippen molar-refractivity contribution in [3.05, 3.63) is 21.9 Å². The molecular formula is C14H22N4O2S. The summed E-state index contributed by atoms with van der Waals surface area (Å²) in [6.07, 6.45) is 0.786. The van der Waals surface area contributed by atoms with Crippen LogP contribution < -0.4 is 5.73 Å². The van der Waals surface area contributed by atoms with Gasteiger partial charge in [-0.2, -0.15) is 0 Å². The van der Waals surface area contributed by atoms with E-state index in [-0.39, 0.29) is 17.8 Å². The number of oxime groups is 1. The van der Waals surface area contributed by atoms with Gasteiger partial charge in [-0.1, -0.05) is 12.1 Å². The van der Waals surface area contributed by atoms with Gasteiger partial charge in [0.2, 0.25) is 0 Å². The molecule has 0 bridgehead atoms. The van der Waals surface area contributed by atoms with Crippen molar-refractivity contribution in [1.82, 2.24) is 9.80 Å². The fourth-order valence-electron chi connectivity index (χ4n) is 2.69. The lowest BCUT2D eigenvalue weighted by Crippen LogP contribution is -2.55. The van der Waals surface area contributed by atoms with Gasteiger partial charge in [0.05, 0.1) is 10.9 Å². The minimum absolute atomic E-state index is 0.0595. The highest BCUT2D eigenvalue weighted by molar-refractivity contribution is 7.12. The van der Waals surface area contributed by atoms with Crippen LogP contribution in [0, 0.1) is 6.92 Å². The first kappa shape index (κ1) is 15.8. The molecular weight excluding hydrogens is 288 g/mol. The van der Waals surface area contributed by atoms with Gasteiger partial charge in [0, 0.05) is 26.2 Å². The van der Waals surface area contributed by atoms with Crippen molar-refractivity contribution in [1.29, 1.82) is 0 Å². The Morgan fingerprint density at radius 1 is 1.48 bits per heavy atom. The number of rotatable bonds is 4. The molecule has 0 spiro atoms. The summed E-state index contributed by atoms with van der Waals surface area (Å²) in [5.74, 6) is 0.352. The summed E-state index contributed by atoms with van der Waals surface area (Å²) in [4.78, 5) is 17.3. The van der Waals surface area contributed by atoms with Crippen LogP contribution >= 0.6 is 11.3 Å². The van der Waals surface area contributed by atoms with Gasteiger partial charge in [-0.25, -0.2) is 0 Å². The molecule has 7 heteroatoms. The average Bonchev–Trinajstić information content (AvgIpc) is 2.94. The maximum atomic E-state index is 12.4. The zero-order chi connectivity index (χ0) is 15.4. The second-order valence-corrected chi connectivity index (χ2v) is 6.13. The van der Waals surface area contributed by atoms with Crippen molar-refractivity contribution in [3.8, 4) is 0 Å². The molecule has 3 N–H and O–H groups in total. The van der Waals surface area contributed by atoms with E-state index < -0.39 is 0 Å². The van der Waals surface area contributed by atoms with Crippen LogP contribution in [-0.2, 0) is 0 Å². The molecule has 0 radical (unpaired) electrons. The molecule has 1 aliphatic heterocycles. The maximum absolute atomic E-state index is 12.4. The standard InChI is InChI=1S/C14H22N4O2S/c1-3-11(13(15)16-20)17-5-7-18(8-6-17)14(19)12-10(2)4-9-21-12/h4,9,11,20H,3,5-8H2,1-2H3,(H2,15,16). The van der Waals surface area contributed by atoms with Gasteiger partial charge in [-0.05, 0) is 30.4 Å². The quantitative estimate of drug-likeness (QED) is 0.380. The minimum atomic E-state index is -0.0595. The van der Waals surface area contributed by atoms with Crippen LogP contribution in [0.4, 0.5) is 0 Å². The maximum Gasteiger partial charge on any atom is 0.264 e. The third-order valence-electron chi connectivity index (χ3n) is 3.94. The smallest absolute Gasteiger partial charge is 0.264 e. The molecule has 1 amide bonds. The Hall–Kier alpha value is -1.60. The second kappa shape index (κ2) is 6.91. The molecule has 1 fully saturated rings. The molecule has 21 heavy (non-hydrogen) atoms. The van der Waals surface area contributed by atoms with Crippen LogP contribution in [0.5, 0.6) is 0 Å². The predicted molar refractivity (Wildman–Crippen MR) is 84.0 cm³/mol. The molecule has 0 aliphatic carbocycles. The van der Waals surface area contributed by atoms with Crippen molar-refractivity contribution in [2.75, 3.05) is 26.2 Å². The van der Waals surface area contributed by atoms with Crippen molar-refractivity contribution >= 4 is 23.1 Å². The van der Waals surface area contributed by atoms with Gasteiger partial charge < -0.3 is 15.8 Å². The number of nitrogens with two attached hydrogens (primary N) is 1. The van der Waals surface area contributed by atoms with Crippen LogP contribution in [0.3, 0.4) is 0 Å². The van der Waals surface area contributed by atoms with Crippen LogP contribution in [0.1, 0.15) is 28.6 Å². The number of amidine groups is 1. The number of thiophene rings is 1. The second-order valence-electron chi connectivity index (χ2n) is 5.21. The topological polar surface area (TPSA) is 82.2 Å². The Kier molecular flexibility index (Phi) is 5.19. The summed E-state index contributed by atoms with van der Waals surface area (Å²) in [6.45, 7) is 6.80. The van der Waals surface area contributed by atoms with E-state index in [4.69, 9.17) is 10.9 Å². The molecule has 1 aliphatic rings. The normalized spacial score (nSPS) is 18.8. The highest BCUT2D eigenvalue weighted by Gasteiger charge is 2.28. The van der Waals surface area contributed by atoms with Crippen molar-refractivity contribution in [2.45, 2.75) is 26.3 Å². The number of piperazine rings is 1. The Bertz CT molecular complexity index is 521. The van der Waals surface area contributed by atoms with Crippen molar-refractivity contribution in [3.63, 3.8) is 0 Å². The highest BCUT2D eigenvalue weighted by Crippen LogP contribution is 2.19. The van der Waals surface area contributed by atoms with E-state index in [1.165, 1.54) is 11.3 Å². The number of hydrogen-bond acceptors (Lipinski definition) is 5. The summed E-state index contributed by atoms with van der Waals surface area (Å²) in [5.41, 5.74) is 6.77. The van der Waals surface area contributed by atoms with E-state index in [0.717, 1.165) is 30.0 Å². The van der Waals surface area contributed by atoms with Gasteiger partial charge in [-0.15, -0.1) is 11.3 Å². The minimum Gasteiger partial charge on any atom is -0.409 e. The number of nitrogens with zero attached hydrogens (tertiary/aromatic N) is 3. The van der Waals surface area contributed by atoms with Crippen LogP contribution in [-0.4, -0.2) is 59.0 Å². The first-order valence-electron chi connectivity index (χ1n) is 7.13. The lowest BCUT2D eigenvalue weighted by molar-refractivity contribution is 0.0612. The Morgan fingerprint density at radius 3 is 2.62 bits per heavy atom. The summed E-state index contributed by atoms with van der Waals surface area (Å²) in [7, 11) is 0. The van der Waals surface area contributed by atoms with Gasteiger partial charge in [-0.3, -0.25) is 9.69 Å². The van der Waals surface area contributed by atoms with Gasteiger partial charge >= 0.3 is 0 Å². The van der Waals surface area contributed by atoms with E-state index in [1.807, 2.05) is 30.2 Å². The third kappa shape index (κ3) is 3.36. The molecule has 2 rings (SSSR count). The van der Waals surface area contributed by atoms with E-state index in [9.17, 15) is 4.79 Å². The van der Waals surface area contributed by atoms with E-state index in [1.54, 1.807) is 0 Å². The molecule has 6 nitrogen and oxygen atoms in total. The van der Waals surface area contributed by atoms with Gasteiger partial charge in [0.25, 0.3) is 5.91 Å². The van der Waals surface area contributed by atoms with E-state index >= 15 is 0 Å².